The maximum Gasteiger partial charge on any atom is 0.0511 e. The van der Waals surface area contributed by atoms with Gasteiger partial charge in [0.15, 0.2) is 0 Å². The van der Waals surface area contributed by atoms with Crippen molar-refractivity contribution in [2.75, 3.05) is 12.8 Å². The highest BCUT2D eigenvalue weighted by Crippen LogP contribution is 2.27. The number of anilines is 1. The van der Waals surface area contributed by atoms with Crippen molar-refractivity contribution in [3.8, 4) is 0 Å². The van der Waals surface area contributed by atoms with E-state index in [2.05, 4.69) is 18.4 Å². The second kappa shape index (κ2) is 6.02. The van der Waals surface area contributed by atoms with Crippen LogP contribution in [0.5, 0.6) is 0 Å². The van der Waals surface area contributed by atoms with E-state index in [0.717, 1.165) is 22.0 Å². The summed E-state index contributed by atoms with van der Waals surface area (Å²) in [5, 5.41) is 0.751. The maximum atomic E-state index is 5.93. The van der Waals surface area contributed by atoms with Crippen LogP contribution < -0.4 is 5.73 Å². The van der Waals surface area contributed by atoms with Crippen molar-refractivity contribution < 1.29 is 0 Å². The average Bonchev–Trinajstić information content (AvgIpc) is 2.46. The Morgan fingerprint density at radius 1 is 1.10 bits per heavy atom. The third-order valence-electron chi connectivity index (χ3n) is 3.60. The van der Waals surface area contributed by atoms with Gasteiger partial charge in [0, 0.05) is 23.5 Å². The molecule has 0 spiro atoms. The molecule has 2 aromatic carbocycles. The van der Waals surface area contributed by atoms with Crippen molar-refractivity contribution in [3.63, 3.8) is 0 Å². The number of benzene rings is 2. The van der Waals surface area contributed by atoms with Gasteiger partial charge in [-0.15, -0.1) is 0 Å². The minimum atomic E-state index is 0.220. The number of hydrogen-bond acceptors (Lipinski definition) is 2. The summed E-state index contributed by atoms with van der Waals surface area (Å²) >= 11 is 5.93. The van der Waals surface area contributed by atoms with Crippen LogP contribution in [0, 0.1) is 0 Å². The van der Waals surface area contributed by atoms with Crippen LogP contribution in [0.25, 0.3) is 5.70 Å². The monoisotopic (exact) mass is 286 g/mol. The summed E-state index contributed by atoms with van der Waals surface area (Å²) in [5.41, 5.74) is 9.71. The fraction of sp³-hybridized carbons (Fsp3) is 0.176. The highest BCUT2D eigenvalue weighted by atomic mass is 35.5. The third-order valence-corrected chi connectivity index (χ3v) is 3.85. The molecule has 0 amide bonds. The Morgan fingerprint density at radius 3 is 2.20 bits per heavy atom. The predicted molar refractivity (Wildman–Crippen MR) is 87.5 cm³/mol. The van der Waals surface area contributed by atoms with Gasteiger partial charge in [0.1, 0.15) is 0 Å². The third kappa shape index (κ3) is 3.14. The summed E-state index contributed by atoms with van der Waals surface area (Å²) in [6, 6.07) is 15.9. The highest BCUT2D eigenvalue weighted by molar-refractivity contribution is 6.30. The Balaban J connectivity index is 2.17. The van der Waals surface area contributed by atoms with Gasteiger partial charge in [0.2, 0.25) is 0 Å². The molecule has 0 saturated carbocycles. The molecular weight excluding hydrogens is 268 g/mol. The standard InChI is InChI=1S/C17H19ClN2/c1-12(14-4-8-16(18)9-5-14)20(3)13(2)15-6-10-17(19)11-7-15/h4-12H,2,19H2,1,3H3. The maximum absolute atomic E-state index is 5.93. The number of nitrogens with zero attached hydrogens (tertiary/aromatic N) is 1. The molecule has 0 aliphatic carbocycles. The van der Waals surface area contributed by atoms with Crippen LogP contribution in [-0.4, -0.2) is 11.9 Å². The molecule has 2 N–H and O–H groups in total. The topological polar surface area (TPSA) is 29.3 Å². The molecule has 0 aliphatic heterocycles. The zero-order valence-electron chi connectivity index (χ0n) is 11.8. The first-order valence-corrected chi connectivity index (χ1v) is 6.90. The lowest BCUT2D eigenvalue weighted by molar-refractivity contribution is 0.382. The van der Waals surface area contributed by atoms with Crippen molar-refractivity contribution in [1.29, 1.82) is 0 Å². The van der Waals surface area contributed by atoms with Crippen molar-refractivity contribution >= 4 is 23.0 Å². The smallest absolute Gasteiger partial charge is 0.0511 e. The molecule has 0 heterocycles. The minimum Gasteiger partial charge on any atom is -0.399 e. The van der Waals surface area contributed by atoms with E-state index in [1.54, 1.807) is 0 Å². The fourth-order valence-corrected chi connectivity index (χ4v) is 2.20. The van der Waals surface area contributed by atoms with Gasteiger partial charge in [-0.25, -0.2) is 0 Å². The Labute approximate surface area is 125 Å². The van der Waals surface area contributed by atoms with Crippen molar-refractivity contribution in [2.45, 2.75) is 13.0 Å². The molecule has 2 aromatic rings. The van der Waals surface area contributed by atoms with E-state index in [4.69, 9.17) is 17.3 Å². The van der Waals surface area contributed by atoms with Crippen molar-refractivity contribution in [2.24, 2.45) is 0 Å². The molecule has 0 saturated heterocycles. The lowest BCUT2D eigenvalue weighted by Gasteiger charge is -2.29. The predicted octanol–water partition coefficient (Wildman–Crippen LogP) is 4.59. The van der Waals surface area contributed by atoms with Gasteiger partial charge in [-0.1, -0.05) is 42.4 Å². The summed E-state index contributed by atoms with van der Waals surface area (Å²) in [7, 11) is 2.04. The molecule has 0 aromatic heterocycles. The molecule has 1 atom stereocenters. The zero-order chi connectivity index (χ0) is 14.7. The molecule has 1 unspecified atom stereocenters. The molecule has 0 radical (unpaired) electrons. The molecule has 0 fully saturated rings. The number of halogens is 1. The number of rotatable bonds is 4. The van der Waals surface area contributed by atoms with Gasteiger partial charge in [0.05, 0.1) is 6.04 Å². The quantitative estimate of drug-likeness (QED) is 0.833. The van der Waals surface area contributed by atoms with Crippen LogP contribution in [0.1, 0.15) is 24.1 Å². The summed E-state index contributed by atoms with van der Waals surface area (Å²) in [6.07, 6.45) is 0. The van der Waals surface area contributed by atoms with E-state index in [1.807, 2.05) is 55.6 Å². The highest BCUT2D eigenvalue weighted by Gasteiger charge is 2.14. The van der Waals surface area contributed by atoms with Crippen LogP contribution >= 0.6 is 11.6 Å². The second-order valence-electron chi connectivity index (χ2n) is 4.91. The largest absolute Gasteiger partial charge is 0.399 e. The first kappa shape index (κ1) is 14.5. The van der Waals surface area contributed by atoms with E-state index in [9.17, 15) is 0 Å². The van der Waals surface area contributed by atoms with E-state index >= 15 is 0 Å². The van der Waals surface area contributed by atoms with Gasteiger partial charge in [-0.2, -0.15) is 0 Å². The number of hydrogen-bond donors (Lipinski definition) is 1. The van der Waals surface area contributed by atoms with Crippen LogP contribution in [0.2, 0.25) is 5.02 Å². The minimum absolute atomic E-state index is 0.220. The molecule has 2 nitrogen and oxygen atoms in total. The lowest BCUT2D eigenvalue weighted by atomic mass is 10.0. The summed E-state index contributed by atoms with van der Waals surface area (Å²) in [4.78, 5) is 2.15. The number of nitrogen functional groups attached to an aromatic ring is 1. The summed E-state index contributed by atoms with van der Waals surface area (Å²) in [5.74, 6) is 0. The van der Waals surface area contributed by atoms with Gasteiger partial charge >= 0.3 is 0 Å². The summed E-state index contributed by atoms with van der Waals surface area (Å²) < 4.78 is 0. The van der Waals surface area contributed by atoms with Crippen LogP contribution in [0.4, 0.5) is 5.69 Å². The van der Waals surface area contributed by atoms with E-state index < -0.39 is 0 Å². The van der Waals surface area contributed by atoms with Crippen LogP contribution in [-0.2, 0) is 0 Å². The summed E-state index contributed by atoms with van der Waals surface area (Å²) in [6.45, 7) is 6.32. The number of nitrogens with two attached hydrogens (primary N) is 1. The molecule has 0 bridgehead atoms. The first-order valence-electron chi connectivity index (χ1n) is 6.52. The van der Waals surface area contributed by atoms with Gasteiger partial charge < -0.3 is 10.6 Å². The van der Waals surface area contributed by atoms with Gasteiger partial charge in [-0.05, 0) is 42.3 Å². The molecular formula is C17H19ClN2. The van der Waals surface area contributed by atoms with E-state index in [-0.39, 0.29) is 6.04 Å². The second-order valence-corrected chi connectivity index (χ2v) is 5.34. The Hall–Kier alpha value is -1.93. The Bertz CT molecular complexity index is 587. The lowest BCUT2D eigenvalue weighted by Crippen LogP contribution is -2.20. The molecule has 0 aliphatic rings. The van der Waals surface area contributed by atoms with Gasteiger partial charge in [0.25, 0.3) is 0 Å². The fourth-order valence-electron chi connectivity index (χ4n) is 2.08. The Morgan fingerprint density at radius 2 is 1.65 bits per heavy atom. The van der Waals surface area contributed by atoms with Crippen LogP contribution in [0.15, 0.2) is 55.1 Å². The molecule has 104 valence electrons. The Kier molecular flexibility index (Phi) is 4.35. The van der Waals surface area contributed by atoms with Crippen LogP contribution in [0.3, 0.4) is 0 Å². The first-order chi connectivity index (χ1) is 9.49. The van der Waals surface area contributed by atoms with E-state index in [0.29, 0.717) is 0 Å². The van der Waals surface area contributed by atoms with Crippen molar-refractivity contribution in [1.82, 2.24) is 4.90 Å². The molecule has 2 rings (SSSR count). The average molecular weight is 287 g/mol. The zero-order valence-corrected chi connectivity index (χ0v) is 12.6. The van der Waals surface area contributed by atoms with Gasteiger partial charge in [-0.3, -0.25) is 0 Å². The van der Waals surface area contributed by atoms with E-state index in [1.165, 1.54) is 5.56 Å². The molecule has 20 heavy (non-hydrogen) atoms. The molecule has 3 heteroatoms. The SMILES string of the molecule is C=C(c1ccc(N)cc1)N(C)C(C)c1ccc(Cl)cc1. The van der Waals surface area contributed by atoms with Crippen molar-refractivity contribution in [3.05, 3.63) is 71.3 Å². The normalized spacial score (nSPS) is 11.9.